The Morgan fingerprint density at radius 3 is 2.07 bits per heavy atom. The third-order valence-electron chi connectivity index (χ3n) is 1.42. The summed E-state index contributed by atoms with van der Waals surface area (Å²) in [5.74, 6) is -0.441. The molecule has 0 bridgehead atoms. The zero-order chi connectivity index (χ0) is 11.6. The van der Waals surface area contributed by atoms with E-state index in [4.69, 9.17) is 11.5 Å². The van der Waals surface area contributed by atoms with Crippen molar-refractivity contribution in [2.45, 2.75) is 26.3 Å². The lowest BCUT2D eigenvalue weighted by Gasteiger charge is -2.11. The molecule has 0 saturated heterocycles. The molecular weight excluding hydrogens is 184 g/mol. The Morgan fingerprint density at radius 2 is 1.79 bits per heavy atom. The van der Waals surface area contributed by atoms with Crippen molar-refractivity contribution in [3.63, 3.8) is 0 Å². The molecule has 0 aliphatic rings. The number of primary amides is 2. The van der Waals surface area contributed by atoms with E-state index >= 15 is 0 Å². The van der Waals surface area contributed by atoms with Crippen molar-refractivity contribution >= 4 is 11.9 Å². The highest BCUT2D eigenvalue weighted by atomic mass is 16.2. The van der Waals surface area contributed by atoms with Gasteiger partial charge >= 0.3 is 6.03 Å². The maximum atomic E-state index is 10.6. The van der Waals surface area contributed by atoms with Crippen molar-refractivity contribution in [2.75, 3.05) is 13.6 Å². The first-order valence-electron chi connectivity index (χ1n) is 4.57. The van der Waals surface area contributed by atoms with E-state index in [-0.39, 0.29) is 0 Å². The van der Waals surface area contributed by atoms with Crippen molar-refractivity contribution in [3.05, 3.63) is 0 Å². The molecule has 0 aromatic heterocycles. The van der Waals surface area contributed by atoms with Crippen LogP contribution in [0.3, 0.4) is 0 Å². The van der Waals surface area contributed by atoms with Crippen molar-refractivity contribution < 1.29 is 9.59 Å². The first kappa shape index (κ1) is 15.2. The maximum Gasteiger partial charge on any atom is 0.312 e. The Morgan fingerprint density at radius 1 is 1.29 bits per heavy atom. The second-order valence-electron chi connectivity index (χ2n) is 2.32. The Bertz CT molecular complexity index is 173. The molecule has 0 heterocycles. The number of hydrogen-bond acceptors (Lipinski definition) is 3. The summed E-state index contributed by atoms with van der Waals surface area (Å²) in [5, 5.41) is 5.06. The molecule has 6 nitrogen and oxygen atoms in total. The van der Waals surface area contributed by atoms with E-state index in [0.29, 0.717) is 13.0 Å². The predicted molar refractivity (Wildman–Crippen MR) is 55.6 cm³/mol. The van der Waals surface area contributed by atoms with Gasteiger partial charge in [0.25, 0.3) is 0 Å². The molecule has 0 saturated carbocycles. The molecule has 0 fully saturated rings. The molecule has 0 spiro atoms. The second-order valence-corrected chi connectivity index (χ2v) is 2.32. The minimum atomic E-state index is -0.602. The number of carbonyl (C=O) groups is 2. The summed E-state index contributed by atoms with van der Waals surface area (Å²) in [5.41, 5.74) is 9.83. The lowest BCUT2D eigenvalue weighted by Crippen LogP contribution is -2.42. The molecule has 0 radical (unpaired) electrons. The second kappa shape index (κ2) is 9.79. The molecule has 3 amide bonds. The predicted octanol–water partition coefficient (Wildman–Crippen LogP) is -0.856. The number of likely N-dealkylation sites (N-methyl/N-ethyl adjacent to an activating group) is 1. The fourth-order valence-corrected chi connectivity index (χ4v) is 0.769. The Balaban J connectivity index is 0. The molecule has 6 heteroatoms. The lowest BCUT2D eigenvalue weighted by molar-refractivity contribution is -0.120. The molecule has 14 heavy (non-hydrogen) atoms. The summed E-state index contributed by atoms with van der Waals surface area (Å²) >= 11 is 0. The van der Waals surface area contributed by atoms with Gasteiger partial charge in [-0.05, 0) is 13.5 Å². The molecule has 0 rings (SSSR count). The lowest BCUT2D eigenvalue weighted by atomic mass is 10.2. The fraction of sp³-hybridized carbons (Fsp3) is 0.750. The van der Waals surface area contributed by atoms with Crippen LogP contribution in [0.25, 0.3) is 0 Å². The summed E-state index contributed by atoms with van der Waals surface area (Å²) in [7, 11) is 1.62. The molecule has 0 aliphatic heterocycles. The summed E-state index contributed by atoms with van der Waals surface area (Å²) in [4.78, 5) is 20.8. The van der Waals surface area contributed by atoms with Crippen LogP contribution in [-0.2, 0) is 4.79 Å². The van der Waals surface area contributed by atoms with Gasteiger partial charge in [-0.3, -0.25) is 4.79 Å². The SMILES string of the molecule is CC.CNC(CCNC(N)=O)C(N)=O. The number of nitrogens with one attached hydrogen (secondary N) is 2. The number of rotatable bonds is 5. The van der Waals surface area contributed by atoms with Gasteiger partial charge in [0.1, 0.15) is 0 Å². The quantitative estimate of drug-likeness (QED) is 0.468. The normalized spacial score (nSPS) is 10.8. The van der Waals surface area contributed by atoms with E-state index < -0.39 is 18.0 Å². The summed E-state index contributed by atoms with van der Waals surface area (Å²) < 4.78 is 0. The Hall–Kier alpha value is -1.30. The number of nitrogens with two attached hydrogens (primary N) is 2. The van der Waals surface area contributed by atoms with Gasteiger partial charge in [0.15, 0.2) is 0 Å². The van der Waals surface area contributed by atoms with Crippen molar-refractivity contribution in [3.8, 4) is 0 Å². The van der Waals surface area contributed by atoms with Gasteiger partial charge in [-0.1, -0.05) is 13.8 Å². The third kappa shape index (κ3) is 8.79. The van der Waals surface area contributed by atoms with Gasteiger partial charge in [0, 0.05) is 6.54 Å². The maximum absolute atomic E-state index is 10.6. The van der Waals surface area contributed by atoms with Gasteiger partial charge in [0.05, 0.1) is 6.04 Å². The Labute approximate surface area is 84.4 Å². The molecule has 84 valence electrons. The first-order valence-corrected chi connectivity index (χ1v) is 4.57. The molecule has 0 aliphatic carbocycles. The number of urea groups is 1. The smallest absolute Gasteiger partial charge is 0.312 e. The highest BCUT2D eigenvalue weighted by molar-refractivity contribution is 5.79. The van der Waals surface area contributed by atoms with Crippen LogP contribution in [0.15, 0.2) is 0 Å². The summed E-state index contributed by atoms with van der Waals surface area (Å²) in [6, 6.07) is -1.02. The molecule has 1 unspecified atom stereocenters. The standard InChI is InChI=1S/C6H14N4O2.C2H6/c1-9-4(5(7)11)2-3-10-6(8)12;1-2/h4,9H,2-3H2,1H3,(H2,7,11)(H3,8,10,12);1-2H3. The van der Waals surface area contributed by atoms with Gasteiger partial charge < -0.3 is 22.1 Å². The van der Waals surface area contributed by atoms with Crippen LogP contribution in [0.1, 0.15) is 20.3 Å². The van der Waals surface area contributed by atoms with Crippen LogP contribution in [-0.4, -0.2) is 31.6 Å². The van der Waals surface area contributed by atoms with Gasteiger partial charge in [-0.15, -0.1) is 0 Å². The van der Waals surface area contributed by atoms with Crippen molar-refractivity contribution in [1.29, 1.82) is 0 Å². The van der Waals surface area contributed by atoms with E-state index in [2.05, 4.69) is 10.6 Å². The average molecular weight is 204 g/mol. The van der Waals surface area contributed by atoms with Gasteiger partial charge in [-0.2, -0.15) is 0 Å². The van der Waals surface area contributed by atoms with Gasteiger partial charge in [-0.25, -0.2) is 4.79 Å². The van der Waals surface area contributed by atoms with Gasteiger partial charge in [0.2, 0.25) is 5.91 Å². The fourth-order valence-electron chi connectivity index (χ4n) is 0.769. The largest absolute Gasteiger partial charge is 0.368 e. The molecule has 1 atom stereocenters. The highest BCUT2D eigenvalue weighted by Gasteiger charge is 2.11. The minimum absolute atomic E-state index is 0.337. The third-order valence-corrected chi connectivity index (χ3v) is 1.42. The van der Waals surface area contributed by atoms with E-state index in [1.807, 2.05) is 13.8 Å². The number of amides is 3. The topological polar surface area (TPSA) is 110 Å². The molecule has 6 N–H and O–H groups in total. The number of hydrogen-bond donors (Lipinski definition) is 4. The summed E-state index contributed by atoms with van der Waals surface area (Å²) in [6.45, 7) is 4.34. The molecular formula is C8H20N4O2. The number of carbonyl (C=O) groups excluding carboxylic acids is 2. The summed E-state index contributed by atoms with van der Waals surface area (Å²) in [6.07, 6.45) is 0.439. The van der Waals surface area contributed by atoms with E-state index in [0.717, 1.165) is 0 Å². The van der Waals surface area contributed by atoms with Crippen LogP contribution in [0.2, 0.25) is 0 Å². The van der Waals surface area contributed by atoms with Crippen LogP contribution < -0.4 is 22.1 Å². The van der Waals surface area contributed by atoms with Crippen molar-refractivity contribution in [1.82, 2.24) is 10.6 Å². The van der Waals surface area contributed by atoms with Crippen LogP contribution >= 0.6 is 0 Å². The van der Waals surface area contributed by atoms with Crippen LogP contribution in [0.4, 0.5) is 4.79 Å². The monoisotopic (exact) mass is 204 g/mol. The zero-order valence-corrected chi connectivity index (χ0v) is 8.96. The van der Waals surface area contributed by atoms with E-state index in [9.17, 15) is 9.59 Å². The zero-order valence-electron chi connectivity index (χ0n) is 8.96. The highest BCUT2D eigenvalue weighted by Crippen LogP contribution is 1.87. The first-order chi connectivity index (χ1) is 6.57. The van der Waals surface area contributed by atoms with E-state index in [1.54, 1.807) is 7.05 Å². The van der Waals surface area contributed by atoms with E-state index in [1.165, 1.54) is 0 Å². The van der Waals surface area contributed by atoms with Crippen LogP contribution in [0, 0.1) is 0 Å². The molecule has 0 aromatic carbocycles. The minimum Gasteiger partial charge on any atom is -0.368 e. The molecule has 0 aromatic rings. The van der Waals surface area contributed by atoms with Crippen molar-refractivity contribution in [2.24, 2.45) is 11.5 Å². The Kier molecular flexibility index (Phi) is 10.6. The van der Waals surface area contributed by atoms with Crippen LogP contribution in [0.5, 0.6) is 0 Å². The average Bonchev–Trinajstić information content (AvgIpc) is 2.14.